The summed E-state index contributed by atoms with van der Waals surface area (Å²) in [5.41, 5.74) is 1.49. The highest BCUT2D eigenvalue weighted by molar-refractivity contribution is 8.00. The Morgan fingerprint density at radius 3 is 2.75 bits per heavy atom. The molecule has 2 aliphatic rings. The van der Waals surface area contributed by atoms with Gasteiger partial charge in [-0.1, -0.05) is 37.9 Å². The minimum atomic E-state index is -0.186. The van der Waals surface area contributed by atoms with Crippen molar-refractivity contribution in [1.82, 2.24) is 9.55 Å². The zero-order valence-electron chi connectivity index (χ0n) is 18.7. The Kier molecular flexibility index (Phi) is 7.35. The summed E-state index contributed by atoms with van der Waals surface area (Å²) in [6.07, 6.45) is 6.23. The molecule has 1 aliphatic heterocycles. The molecule has 7 nitrogen and oxygen atoms in total. The maximum atomic E-state index is 13.4. The van der Waals surface area contributed by atoms with Crippen molar-refractivity contribution in [2.24, 2.45) is 0 Å². The van der Waals surface area contributed by atoms with E-state index in [1.54, 1.807) is 44.2 Å². The molecule has 0 spiro atoms. The van der Waals surface area contributed by atoms with Gasteiger partial charge < -0.3 is 14.8 Å². The van der Waals surface area contributed by atoms with Crippen LogP contribution in [0.1, 0.15) is 50.8 Å². The highest BCUT2D eigenvalue weighted by atomic mass is 32.2. The van der Waals surface area contributed by atoms with Gasteiger partial charge in [0.25, 0.3) is 5.56 Å². The number of fused-ring (bicyclic) bond motifs is 1. The number of benzene rings is 1. The van der Waals surface area contributed by atoms with Gasteiger partial charge in [0.2, 0.25) is 5.91 Å². The predicted octanol–water partition coefficient (Wildman–Crippen LogP) is 4.53. The Bertz CT molecular complexity index is 1050. The molecular weight excluding hydrogens is 446 g/mol. The molecule has 1 atom stereocenters. The van der Waals surface area contributed by atoms with Crippen LogP contribution < -0.4 is 20.3 Å². The van der Waals surface area contributed by atoms with Gasteiger partial charge in [-0.15, -0.1) is 11.8 Å². The second-order valence-electron chi connectivity index (χ2n) is 8.17. The first-order chi connectivity index (χ1) is 15.5. The molecule has 32 heavy (non-hydrogen) atoms. The summed E-state index contributed by atoms with van der Waals surface area (Å²) >= 11 is 2.96. The molecule has 1 aromatic heterocycles. The van der Waals surface area contributed by atoms with Crippen LogP contribution in [0.2, 0.25) is 0 Å². The third kappa shape index (κ3) is 4.93. The predicted molar refractivity (Wildman–Crippen MR) is 129 cm³/mol. The van der Waals surface area contributed by atoms with E-state index in [9.17, 15) is 9.59 Å². The van der Waals surface area contributed by atoms with E-state index in [0.29, 0.717) is 27.6 Å². The number of carbonyl (C=O) groups excluding carboxylic acids is 1. The molecule has 2 aromatic rings. The van der Waals surface area contributed by atoms with E-state index in [1.807, 2.05) is 4.57 Å². The van der Waals surface area contributed by atoms with Crippen molar-refractivity contribution in [3.8, 4) is 11.5 Å². The highest BCUT2D eigenvalue weighted by Crippen LogP contribution is 2.37. The Morgan fingerprint density at radius 2 is 2.03 bits per heavy atom. The fourth-order valence-electron chi connectivity index (χ4n) is 4.30. The number of anilines is 1. The molecule has 0 bridgehead atoms. The lowest BCUT2D eigenvalue weighted by atomic mass is 9.95. The minimum Gasteiger partial charge on any atom is -0.497 e. The van der Waals surface area contributed by atoms with Crippen molar-refractivity contribution in [2.75, 3.05) is 25.3 Å². The number of methoxy groups -OCH3 is 2. The zero-order chi connectivity index (χ0) is 22.7. The normalized spacial score (nSPS) is 18.3. The summed E-state index contributed by atoms with van der Waals surface area (Å²) in [7, 11) is 3.13. The minimum absolute atomic E-state index is 0.0635. The number of ether oxygens (including phenoxy) is 2. The SMILES string of the molecule is COc1ccc(OC)c(NC(=O)CSc2nc3c(c(=O)n2C2CCCCC2)SC(C)C3)c1. The van der Waals surface area contributed by atoms with Crippen LogP contribution in [0, 0.1) is 0 Å². The van der Waals surface area contributed by atoms with Crippen LogP contribution >= 0.6 is 23.5 Å². The summed E-state index contributed by atoms with van der Waals surface area (Å²) in [6, 6.07) is 5.42. The van der Waals surface area contributed by atoms with Crippen LogP contribution in [0.25, 0.3) is 0 Å². The average Bonchev–Trinajstić information content (AvgIpc) is 3.18. The van der Waals surface area contributed by atoms with Gasteiger partial charge in [-0.3, -0.25) is 14.2 Å². The van der Waals surface area contributed by atoms with Crippen LogP contribution in [0.15, 0.2) is 33.0 Å². The van der Waals surface area contributed by atoms with Crippen molar-refractivity contribution in [3.63, 3.8) is 0 Å². The Balaban J connectivity index is 1.55. The van der Waals surface area contributed by atoms with Gasteiger partial charge in [0.1, 0.15) is 11.5 Å². The smallest absolute Gasteiger partial charge is 0.268 e. The average molecular weight is 476 g/mol. The van der Waals surface area contributed by atoms with Crippen molar-refractivity contribution in [3.05, 3.63) is 34.2 Å². The largest absolute Gasteiger partial charge is 0.497 e. The third-order valence-electron chi connectivity index (χ3n) is 5.86. The molecular formula is C23H29N3O4S2. The molecule has 1 aliphatic carbocycles. The van der Waals surface area contributed by atoms with Crippen LogP contribution in [-0.2, 0) is 11.2 Å². The van der Waals surface area contributed by atoms with E-state index in [2.05, 4.69) is 12.2 Å². The number of hydrogen-bond acceptors (Lipinski definition) is 7. The lowest BCUT2D eigenvalue weighted by molar-refractivity contribution is -0.113. The van der Waals surface area contributed by atoms with Gasteiger partial charge >= 0.3 is 0 Å². The van der Waals surface area contributed by atoms with Gasteiger partial charge in [0, 0.05) is 23.8 Å². The summed E-state index contributed by atoms with van der Waals surface area (Å²) in [4.78, 5) is 31.8. The van der Waals surface area contributed by atoms with Gasteiger partial charge in [-0.05, 0) is 25.0 Å². The first kappa shape index (κ1) is 23.0. The van der Waals surface area contributed by atoms with Crippen molar-refractivity contribution < 1.29 is 14.3 Å². The maximum Gasteiger partial charge on any atom is 0.268 e. The number of aromatic nitrogens is 2. The standard InChI is InChI=1S/C23H29N3O4S2/c1-14-11-18-21(32-14)22(28)26(15-7-5-4-6-8-15)23(25-18)31-13-20(27)24-17-12-16(29-2)9-10-19(17)30-3/h9-10,12,14-15H,4-8,11,13H2,1-3H3,(H,24,27). The number of nitrogens with zero attached hydrogens (tertiary/aromatic N) is 2. The first-order valence-corrected chi connectivity index (χ1v) is 12.8. The summed E-state index contributed by atoms with van der Waals surface area (Å²) in [5, 5.41) is 3.91. The molecule has 2 heterocycles. The van der Waals surface area contributed by atoms with Crippen molar-refractivity contribution in [1.29, 1.82) is 0 Å². The number of rotatable bonds is 7. The number of carbonyl (C=O) groups is 1. The molecule has 1 N–H and O–H groups in total. The summed E-state index contributed by atoms with van der Waals surface area (Å²) in [6.45, 7) is 2.12. The lowest BCUT2D eigenvalue weighted by Crippen LogP contribution is -2.30. The molecule has 4 rings (SSSR count). The fraction of sp³-hybridized carbons (Fsp3) is 0.522. The Morgan fingerprint density at radius 1 is 1.25 bits per heavy atom. The maximum absolute atomic E-state index is 13.4. The third-order valence-corrected chi connectivity index (χ3v) is 8.03. The summed E-state index contributed by atoms with van der Waals surface area (Å²) < 4.78 is 12.5. The quantitative estimate of drug-likeness (QED) is 0.465. The van der Waals surface area contributed by atoms with Gasteiger partial charge in [0.05, 0.1) is 36.2 Å². The zero-order valence-corrected chi connectivity index (χ0v) is 20.3. The van der Waals surface area contributed by atoms with Crippen LogP contribution in [0.5, 0.6) is 11.5 Å². The molecule has 1 fully saturated rings. The molecule has 0 radical (unpaired) electrons. The second-order valence-corrected chi connectivity index (χ2v) is 10.6. The molecule has 0 saturated heterocycles. The highest BCUT2D eigenvalue weighted by Gasteiger charge is 2.29. The van der Waals surface area contributed by atoms with Gasteiger partial charge in [-0.25, -0.2) is 4.98 Å². The van der Waals surface area contributed by atoms with E-state index in [-0.39, 0.29) is 23.3 Å². The van der Waals surface area contributed by atoms with E-state index < -0.39 is 0 Å². The van der Waals surface area contributed by atoms with E-state index in [4.69, 9.17) is 14.5 Å². The van der Waals surface area contributed by atoms with Crippen LogP contribution in [0.3, 0.4) is 0 Å². The van der Waals surface area contributed by atoms with Crippen LogP contribution in [-0.4, -0.2) is 40.7 Å². The van der Waals surface area contributed by atoms with Crippen LogP contribution in [0.4, 0.5) is 5.69 Å². The number of nitrogens with one attached hydrogen (secondary N) is 1. The lowest BCUT2D eigenvalue weighted by Gasteiger charge is -2.26. The fourth-order valence-corrected chi connectivity index (χ4v) is 6.29. The summed E-state index contributed by atoms with van der Waals surface area (Å²) in [5.74, 6) is 1.16. The number of thioether (sulfide) groups is 2. The van der Waals surface area contributed by atoms with Crippen molar-refractivity contribution in [2.45, 2.75) is 66.8 Å². The molecule has 172 valence electrons. The monoisotopic (exact) mass is 475 g/mol. The Labute approximate surface area is 196 Å². The van der Waals surface area contributed by atoms with Crippen molar-refractivity contribution >= 4 is 35.1 Å². The molecule has 1 aromatic carbocycles. The Hall–Kier alpha value is -2.13. The number of amides is 1. The first-order valence-electron chi connectivity index (χ1n) is 11.0. The van der Waals surface area contributed by atoms with E-state index in [1.165, 1.54) is 18.2 Å². The molecule has 1 saturated carbocycles. The van der Waals surface area contributed by atoms with E-state index >= 15 is 0 Å². The molecule has 1 amide bonds. The number of hydrogen-bond donors (Lipinski definition) is 1. The van der Waals surface area contributed by atoms with Gasteiger partial charge in [-0.2, -0.15) is 0 Å². The second kappa shape index (κ2) is 10.2. The molecule has 9 heteroatoms. The topological polar surface area (TPSA) is 82.5 Å². The van der Waals surface area contributed by atoms with E-state index in [0.717, 1.165) is 42.7 Å². The molecule has 1 unspecified atom stereocenters. The van der Waals surface area contributed by atoms with Gasteiger partial charge in [0.15, 0.2) is 5.16 Å².